The number of carbonyl (C=O) groups is 2. The highest BCUT2D eigenvalue weighted by Crippen LogP contribution is 2.11. The Morgan fingerprint density at radius 3 is 2.44 bits per heavy atom. The lowest BCUT2D eigenvalue weighted by atomic mass is 10.1. The number of rotatable bonds is 6. The normalized spacial score (nSPS) is 10.4. The second kappa shape index (κ2) is 8.42. The van der Waals surface area contributed by atoms with Gasteiger partial charge in [0.05, 0.1) is 0 Å². The van der Waals surface area contributed by atoms with Crippen molar-refractivity contribution in [2.45, 2.75) is 27.3 Å². The first kappa shape index (κ1) is 18.6. The molecule has 0 aliphatic rings. The summed E-state index contributed by atoms with van der Waals surface area (Å²) in [7, 11) is 0. The molecule has 1 N–H and O–H groups in total. The highest BCUT2D eigenvalue weighted by molar-refractivity contribution is 5.94. The molecule has 0 spiro atoms. The smallest absolute Gasteiger partial charge is 0.251 e. The highest BCUT2D eigenvalue weighted by atomic mass is 19.1. The highest BCUT2D eigenvalue weighted by Gasteiger charge is 2.13. The Bertz CT molecular complexity index is 774. The van der Waals surface area contributed by atoms with Gasteiger partial charge >= 0.3 is 0 Å². The molecule has 2 aromatic rings. The van der Waals surface area contributed by atoms with Crippen molar-refractivity contribution in [1.29, 1.82) is 0 Å². The van der Waals surface area contributed by atoms with Crippen LogP contribution in [0.5, 0.6) is 0 Å². The average Bonchev–Trinajstić information content (AvgIpc) is 2.57. The third kappa shape index (κ3) is 5.14. The number of nitrogens with one attached hydrogen (secondary N) is 1. The van der Waals surface area contributed by atoms with Gasteiger partial charge in [0, 0.05) is 37.7 Å². The van der Waals surface area contributed by atoms with E-state index in [1.165, 1.54) is 17.9 Å². The summed E-state index contributed by atoms with van der Waals surface area (Å²) >= 11 is 0. The summed E-state index contributed by atoms with van der Waals surface area (Å²) in [5.41, 5.74) is 3.23. The van der Waals surface area contributed by atoms with Crippen molar-refractivity contribution in [1.82, 2.24) is 10.2 Å². The Kier molecular flexibility index (Phi) is 6.28. The van der Waals surface area contributed by atoms with Crippen LogP contribution in [0.25, 0.3) is 0 Å². The van der Waals surface area contributed by atoms with Crippen molar-refractivity contribution in [2.24, 2.45) is 0 Å². The van der Waals surface area contributed by atoms with Gasteiger partial charge in [0.1, 0.15) is 5.82 Å². The molecule has 2 aromatic carbocycles. The number of aryl methyl sites for hydroxylation is 2. The number of hydrogen-bond donors (Lipinski definition) is 1. The summed E-state index contributed by atoms with van der Waals surface area (Å²) in [5.74, 6) is -0.686. The predicted octanol–water partition coefficient (Wildman–Crippen LogP) is 3.22. The molecule has 0 aromatic heterocycles. The van der Waals surface area contributed by atoms with Crippen LogP contribution >= 0.6 is 0 Å². The van der Waals surface area contributed by atoms with Crippen LogP contribution in [0.4, 0.5) is 4.39 Å². The van der Waals surface area contributed by atoms with Crippen LogP contribution in [0.1, 0.15) is 34.0 Å². The van der Waals surface area contributed by atoms with Gasteiger partial charge in [0.15, 0.2) is 0 Å². The number of carbonyl (C=O) groups excluding carboxylic acids is 2. The summed E-state index contributed by atoms with van der Waals surface area (Å²) in [6, 6.07) is 11.9. The molecule has 0 heterocycles. The van der Waals surface area contributed by atoms with Crippen LogP contribution in [0, 0.1) is 19.7 Å². The van der Waals surface area contributed by atoms with Crippen LogP contribution in [-0.2, 0) is 11.3 Å². The van der Waals surface area contributed by atoms with E-state index in [0.29, 0.717) is 24.2 Å². The average molecular weight is 342 g/mol. The van der Waals surface area contributed by atoms with E-state index in [2.05, 4.69) is 5.32 Å². The predicted molar refractivity (Wildman–Crippen MR) is 95.7 cm³/mol. The molecule has 0 unspecified atom stereocenters. The molecule has 0 aliphatic heterocycles. The van der Waals surface area contributed by atoms with Crippen LogP contribution in [-0.4, -0.2) is 29.8 Å². The maximum absolute atomic E-state index is 13.7. The van der Waals surface area contributed by atoms with Crippen molar-refractivity contribution in [3.8, 4) is 0 Å². The number of hydrogen-bond acceptors (Lipinski definition) is 2. The third-order valence-electron chi connectivity index (χ3n) is 4.20. The SMILES string of the molecule is CC(=O)N(CCNC(=O)c1ccc(C)c(C)c1)Cc1ccccc1F. The number of halogens is 1. The quantitative estimate of drug-likeness (QED) is 0.876. The van der Waals surface area contributed by atoms with E-state index in [1.54, 1.807) is 24.3 Å². The first-order valence-electron chi connectivity index (χ1n) is 8.23. The lowest BCUT2D eigenvalue weighted by molar-refractivity contribution is -0.129. The zero-order chi connectivity index (χ0) is 18.4. The molecule has 0 atom stereocenters. The first-order valence-corrected chi connectivity index (χ1v) is 8.23. The lowest BCUT2D eigenvalue weighted by Crippen LogP contribution is -2.37. The van der Waals surface area contributed by atoms with Crippen LogP contribution in [0.3, 0.4) is 0 Å². The molecule has 2 amide bonds. The van der Waals surface area contributed by atoms with Gasteiger partial charge in [-0.2, -0.15) is 0 Å². The minimum absolute atomic E-state index is 0.163. The van der Waals surface area contributed by atoms with Gasteiger partial charge in [0.25, 0.3) is 5.91 Å². The second-order valence-electron chi connectivity index (χ2n) is 6.09. The van der Waals surface area contributed by atoms with E-state index in [0.717, 1.165) is 11.1 Å². The molecule has 132 valence electrons. The van der Waals surface area contributed by atoms with Gasteiger partial charge in [-0.15, -0.1) is 0 Å². The summed E-state index contributed by atoms with van der Waals surface area (Å²) in [6.45, 7) is 6.19. The van der Waals surface area contributed by atoms with Gasteiger partial charge in [-0.05, 0) is 43.2 Å². The van der Waals surface area contributed by atoms with Gasteiger partial charge in [-0.3, -0.25) is 9.59 Å². The fourth-order valence-electron chi connectivity index (χ4n) is 2.47. The molecule has 4 nitrogen and oxygen atoms in total. The Hall–Kier alpha value is -2.69. The Morgan fingerprint density at radius 1 is 1.08 bits per heavy atom. The monoisotopic (exact) mass is 342 g/mol. The molecular formula is C20H23FN2O2. The molecular weight excluding hydrogens is 319 g/mol. The van der Waals surface area contributed by atoms with Crippen molar-refractivity contribution >= 4 is 11.8 Å². The Morgan fingerprint density at radius 2 is 1.80 bits per heavy atom. The zero-order valence-corrected chi connectivity index (χ0v) is 14.8. The van der Waals surface area contributed by atoms with Crippen LogP contribution in [0.15, 0.2) is 42.5 Å². The zero-order valence-electron chi connectivity index (χ0n) is 14.8. The Labute approximate surface area is 147 Å². The van der Waals surface area contributed by atoms with E-state index in [1.807, 2.05) is 26.0 Å². The number of benzene rings is 2. The largest absolute Gasteiger partial charge is 0.350 e. The summed E-state index contributed by atoms with van der Waals surface area (Å²) in [4.78, 5) is 25.5. The summed E-state index contributed by atoms with van der Waals surface area (Å²) in [5, 5.41) is 2.80. The molecule has 0 radical (unpaired) electrons. The van der Waals surface area contributed by atoms with Crippen molar-refractivity contribution in [2.75, 3.05) is 13.1 Å². The van der Waals surface area contributed by atoms with Crippen LogP contribution < -0.4 is 5.32 Å². The van der Waals surface area contributed by atoms with Crippen molar-refractivity contribution in [3.63, 3.8) is 0 Å². The maximum Gasteiger partial charge on any atom is 0.251 e. The van der Waals surface area contributed by atoms with E-state index < -0.39 is 0 Å². The van der Waals surface area contributed by atoms with E-state index in [9.17, 15) is 14.0 Å². The van der Waals surface area contributed by atoms with E-state index in [-0.39, 0.29) is 24.2 Å². The lowest BCUT2D eigenvalue weighted by Gasteiger charge is -2.21. The maximum atomic E-state index is 13.7. The molecule has 0 saturated heterocycles. The minimum atomic E-state index is -0.340. The topological polar surface area (TPSA) is 49.4 Å². The molecule has 0 aliphatic carbocycles. The molecule has 0 fully saturated rings. The van der Waals surface area contributed by atoms with Gasteiger partial charge in [-0.1, -0.05) is 24.3 Å². The first-order chi connectivity index (χ1) is 11.9. The summed E-state index contributed by atoms with van der Waals surface area (Å²) in [6.07, 6.45) is 0. The van der Waals surface area contributed by atoms with Gasteiger partial charge in [0.2, 0.25) is 5.91 Å². The van der Waals surface area contributed by atoms with Crippen molar-refractivity contribution in [3.05, 3.63) is 70.5 Å². The fourth-order valence-corrected chi connectivity index (χ4v) is 2.47. The molecule has 25 heavy (non-hydrogen) atoms. The van der Waals surface area contributed by atoms with Gasteiger partial charge < -0.3 is 10.2 Å². The number of amides is 2. The molecule has 0 saturated carbocycles. The molecule has 2 rings (SSSR count). The number of nitrogens with zero attached hydrogens (tertiary/aromatic N) is 1. The fraction of sp³-hybridized carbons (Fsp3) is 0.300. The molecule has 5 heteroatoms. The van der Waals surface area contributed by atoms with Crippen molar-refractivity contribution < 1.29 is 14.0 Å². The standard InChI is InChI=1S/C20H23FN2O2/c1-14-8-9-17(12-15(14)2)20(25)22-10-11-23(16(3)24)13-18-6-4-5-7-19(18)21/h4-9,12H,10-11,13H2,1-3H3,(H,22,25). The summed E-state index contributed by atoms with van der Waals surface area (Å²) < 4.78 is 13.7. The third-order valence-corrected chi connectivity index (χ3v) is 4.20. The molecule has 0 bridgehead atoms. The van der Waals surface area contributed by atoms with Gasteiger partial charge in [-0.25, -0.2) is 4.39 Å². The Balaban J connectivity index is 1.93. The minimum Gasteiger partial charge on any atom is -0.350 e. The van der Waals surface area contributed by atoms with E-state index in [4.69, 9.17) is 0 Å². The van der Waals surface area contributed by atoms with Crippen LogP contribution in [0.2, 0.25) is 0 Å². The van der Waals surface area contributed by atoms with E-state index >= 15 is 0 Å². The second-order valence-corrected chi connectivity index (χ2v) is 6.09.